The molecule has 1 N–H and O–H groups in total. The zero-order valence-corrected chi connectivity index (χ0v) is 21.6. The van der Waals surface area contributed by atoms with E-state index < -0.39 is 5.60 Å². The first-order chi connectivity index (χ1) is 15.6. The summed E-state index contributed by atoms with van der Waals surface area (Å²) in [6.07, 6.45) is 18.8. The van der Waals surface area contributed by atoms with Crippen LogP contribution in [0.1, 0.15) is 101 Å². The van der Waals surface area contributed by atoms with Crippen molar-refractivity contribution in [3.8, 4) is 0 Å². The molecule has 2 aromatic rings. The standard InChI is InChI=1S/C28H43NOS2/c1-29-15-9-7-5-3-2-4-6-8-10-23-11-12-27(29)19-24(18-23)20-28(30,25-13-16-31-21-25)26-14-17-32-22-26/h13-14,16-17,21-24,27,30H,2-12,15,18-20H2,1H3. The Morgan fingerprint density at radius 3 is 2.09 bits per heavy atom. The molecule has 3 atom stereocenters. The van der Waals surface area contributed by atoms with E-state index in [0.29, 0.717) is 12.0 Å². The first kappa shape index (κ1) is 24.4. The smallest absolute Gasteiger partial charge is 0.116 e. The van der Waals surface area contributed by atoms with Crippen molar-refractivity contribution in [3.63, 3.8) is 0 Å². The van der Waals surface area contributed by atoms with Crippen molar-refractivity contribution in [1.29, 1.82) is 0 Å². The molecule has 1 aliphatic carbocycles. The van der Waals surface area contributed by atoms with Crippen molar-refractivity contribution in [2.45, 2.75) is 102 Å². The summed E-state index contributed by atoms with van der Waals surface area (Å²) in [5.74, 6) is 1.41. The molecule has 2 fully saturated rings. The number of nitrogens with zero attached hydrogens (tertiary/aromatic N) is 1. The van der Waals surface area contributed by atoms with Gasteiger partial charge in [0.05, 0.1) is 0 Å². The fourth-order valence-electron chi connectivity index (χ4n) is 6.30. The van der Waals surface area contributed by atoms with Gasteiger partial charge >= 0.3 is 0 Å². The molecule has 3 heterocycles. The lowest BCUT2D eigenvalue weighted by atomic mass is 9.77. The van der Waals surface area contributed by atoms with Gasteiger partial charge in [-0.25, -0.2) is 0 Å². The van der Waals surface area contributed by atoms with Crippen LogP contribution >= 0.6 is 22.7 Å². The number of rotatable bonds is 4. The van der Waals surface area contributed by atoms with E-state index in [4.69, 9.17) is 0 Å². The van der Waals surface area contributed by atoms with Crippen molar-refractivity contribution < 1.29 is 5.11 Å². The van der Waals surface area contributed by atoms with Crippen molar-refractivity contribution in [2.75, 3.05) is 13.6 Å². The summed E-state index contributed by atoms with van der Waals surface area (Å²) < 4.78 is 0. The summed E-state index contributed by atoms with van der Waals surface area (Å²) >= 11 is 3.40. The highest BCUT2D eigenvalue weighted by Gasteiger charge is 2.38. The molecule has 178 valence electrons. The first-order valence-corrected chi connectivity index (χ1v) is 15.0. The van der Waals surface area contributed by atoms with Gasteiger partial charge in [0.25, 0.3) is 0 Å². The van der Waals surface area contributed by atoms with Crippen molar-refractivity contribution in [3.05, 3.63) is 44.8 Å². The highest BCUT2D eigenvalue weighted by Crippen LogP contribution is 2.43. The Hall–Kier alpha value is -0.680. The molecular weight excluding hydrogens is 430 g/mol. The molecule has 3 unspecified atom stereocenters. The lowest BCUT2D eigenvalue weighted by Gasteiger charge is -2.34. The highest BCUT2D eigenvalue weighted by atomic mass is 32.1. The van der Waals surface area contributed by atoms with Crippen molar-refractivity contribution >= 4 is 22.7 Å². The summed E-state index contributed by atoms with van der Waals surface area (Å²) in [5, 5.41) is 20.6. The third-order valence-electron chi connectivity index (χ3n) is 8.26. The van der Waals surface area contributed by atoms with Gasteiger partial charge in [0.15, 0.2) is 0 Å². The van der Waals surface area contributed by atoms with Gasteiger partial charge in [0.2, 0.25) is 0 Å². The maximum Gasteiger partial charge on any atom is 0.116 e. The minimum Gasteiger partial charge on any atom is -0.380 e. The Balaban J connectivity index is 1.53. The third kappa shape index (κ3) is 6.46. The fourth-order valence-corrected chi connectivity index (χ4v) is 7.75. The van der Waals surface area contributed by atoms with Gasteiger partial charge in [-0.3, -0.25) is 0 Å². The van der Waals surface area contributed by atoms with Crippen LogP contribution < -0.4 is 0 Å². The number of hydrogen-bond donors (Lipinski definition) is 1. The third-order valence-corrected chi connectivity index (χ3v) is 9.62. The Labute approximate surface area is 204 Å². The molecule has 0 radical (unpaired) electrons. The molecule has 2 bridgehead atoms. The number of hydrogen-bond acceptors (Lipinski definition) is 4. The van der Waals surface area contributed by atoms with Gasteiger partial charge in [-0.2, -0.15) is 22.7 Å². The van der Waals surface area contributed by atoms with Crippen LogP contribution in [0.25, 0.3) is 0 Å². The summed E-state index contributed by atoms with van der Waals surface area (Å²) in [6, 6.07) is 4.95. The van der Waals surface area contributed by atoms with Crippen LogP contribution in [0.3, 0.4) is 0 Å². The van der Waals surface area contributed by atoms with Gasteiger partial charge in [-0.05, 0) is 109 Å². The van der Waals surface area contributed by atoms with Crippen LogP contribution in [0.5, 0.6) is 0 Å². The van der Waals surface area contributed by atoms with E-state index in [1.54, 1.807) is 22.7 Å². The van der Waals surface area contributed by atoms with Crippen molar-refractivity contribution in [2.24, 2.45) is 11.8 Å². The summed E-state index contributed by atoms with van der Waals surface area (Å²) in [6.45, 7) is 1.24. The molecule has 0 amide bonds. The normalized spacial score (nSPS) is 27.5. The minimum atomic E-state index is -0.844. The van der Waals surface area contributed by atoms with Crippen LogP contribution in [0.2, 0.25) is 0 Å². The molecule has 1 aliphatic heterocycles. The summed E-state index contributed by atoms with van der Waals surface area (Å²) in [5.41, 5.74) is 1.34. The maximum absolute atomic E-state index is 12.1. The minimum absolute atomic E-state index is 0.577. The Kier molecular flexibility index (Phi) is 9.28. The zero-order chi connectivity index (χ0) is 22.2. The van der Waals surface area contributed by atoms with Crippen LogP contribution in [-0.4, -0.2) is 29.6 Å². The second-order valence-electron chi connectivity index (χ2n) is 10.6. The predicted octanol–water partition coefficient (Wildman–Crippen LogP) is 8.07. The van der Waals surface area contributed by atoms with E-state index in [1.165, 1.54) is 90.0 Å². The van der Waals surface area contributed by atoms with Gasteiger partial charge in [0, 0.05) is 6.04 Å². The van der Waals surface area contributed by atoms with E-state index in [0.717, 1.165) is 23.5 Å². The fraction of sp³-hybridized carbons (Fsp3) is 0.714. The molecule has 4 heteroatoms. The molecule has 0 spiro atoms. The van der Waals surface area contributed by atoms with E-state index >= 15 is 0 Å². The Morgan fingerprint density at radius 2 is 1.47 bits per heavy atom. The molecule has 2 aromatic heterocycles. The Morgan fingerprint density at radius 1 is 0.844 bits per heavy atom. The number of fused-ring (bicyclic) bond motifs is 3. The number of aliphatic hydroxyl groups is 1. The highest BCUT2D eigenvalue weighted by molar-refractivity contribution is 7.08. The van der Waals surface area contributed by atoms with E-state index in [9.17, 15) is 5.11 Å². The predicted molar refractivity (Wildman–Crippen MR) is 140 cm³/mol. The average Bonchev–Trinajstić information content (AvgIpc) is 3.48. The van der Waals surface area contributed by atoms with Crippen LogP contribution in [0.4, 0.5) is 0 Å². The zero-order valence-electron chi connectivity index (χ0n) is 20.0. The molecule has 0 aromatic carbocycles. The second-order valence-corrected chi connectivity index (χ2v) is 12.2. The first-order valence-electron chi connectivity index (χ1n) is 13.1. The number of thiophene rings is 2. The largest absolute Gasteiger partial charge is 0.380 e. The van der Waals surface area contributed by atoms with Gasteiger partial charge < -0.3 is 10.0 Å². The molecule has 4 rings (SSSR count). The van der Waals surface area contributed by atoms with Crippen LogP contribution in [-0.2, 0) is 5.60 Å². The summed E-state index contributed by atoms with van der Waals surface area (Å²) in [4.78, 5) is 2.67. The van der Waals surface area contributed by atoms with Gasteiger partial charge in [-0.15, -0.1) is 0 Å². The monoisotopic (exact) mass is 473 g/mol. The lowest BCUT2D eigenvalue weighted by molar-refractivity contribution is 0.0432. The van der Waals surface area contributed by atoms with Crippen LogP contribution in [0.15, 0.2) is 33.7 Å². The molecular formula is C28H43NOS2. The molecule has 2 nitrogen and oxygen atoms in total. The van der Waals surface area contributed by atoms with Crippen LogP contribution in [0, 0.1) is 11.8 Å². The SMILES string of the molecule is CN1CCCCCCCCCCC2CCC1CC(CC(O)(c1ccsc1)c1ccsc1)C2. The van der Waals surface area contributed by atoms with Gasteiger partial charge in [-0.1, -0.05) is 51.4 Å². The van der Waals surface area contributed by atoms with E-state index in [-0.39, 0.29) is 0 Å². The average molecular weight is 474 g/mol. The van der Waals surface area contributed by atoms with Crippen molar-refractivity contribution in [1.82, 2.24) is 4.90 Å². The van der Waals surface area contributed by atoms with Gasteiger partial charge in [0.1, 0.15) is 5.60 Å². The molecule has 32 heavy (non-hydrogen) atoms. The second kappa shape index (κ2) is 12.1. The quantitative estimate of drug-likeness (QED) is 0.485. The van der Waals surface area contributed by atoms with E-state index in [1.807, 2.05) is 0 Å². The van der Waals surface area contributed by atoms with E-state index in [2.05, 4.69) is 45.6 Å². The summed E-state index contributed by atoms with van der Waals surface area (Å²) in [7, 11) is 2.37. The topological polar surface area (TPSA) is 23.5 Å². The maximum atomic E-state index is 12.1. The molecule has 1 saturated carbocycles. The lowest BCUT2D eigenvalue weighted by Crippen LogP contribution is -2.35. The molecule has 1 saturated heterocycles. The Bertz CT molecular complexity index is 722. The molecule has 2 aliphatic rings.